The van der Waals surface area contributed by atoms with Crippen molar-refractivity contribution in [2.45, 2.75) is 44.9 Å². The van der Waals surface area contributed by atoms with Gasteiger partial charge in [0, 0.05) is 12.0 Å². The molecule has 2 rings (SSSR count). The summed E-state index contributed by atoms with van der Waals surface area (Å²) in [7, 11) is 0. The van der Waals surface area contributed by atoms with Crippen molar-refractivity contribution in [1.82, 2.24) is 4.90 Å². The lowest BCUT2D eigenvalue weighted by Gasteiger charge is -2.58. The first-order chi connectivity index (χ1) is 8.00. The standard InChI is InChI=1S/C12H22N2O3/c1-8-2-4-12(5-3-8)7-14(11(12)17)9(6-15)10(13)16/h8-9,11,15,17H,2-7H2,1H3,(H2,13,16). The topological polar surface area (TPSA) is 86.8 Å². The molecule has 98 valence electrons. The molecule has 5 heteroatoms. The highest BCUT2D eigenvalue weighted by Gasteiger charge is 2.55. The lowest BCUT2D eigenvalue weighted by atomic mass is 9.64. The fraction of sp³-hybridized carbons (Fsp3) is 0.917. The number of aliphatic hydroxyl groups is 2. The maximum Gasteiger partial charge on any atom is 0.237 e. The highest BCUT2D eigenvalue weighted by Crippen LogP contribution is 2.49. The van der Waals surface area contributed by atoms with E-state index in [9.17, 15) is 9.90 Å². The third-order valence-corrected chi connectivity index (χ3v) is 4.53. The van der Waals surface area contributed by atoms with Gasteiger partial charge in [0.25, 0.3) is 0 Å². The molecule has 1 saturated carbocycles. The van der Waals surface area contributed by atoms with Crippen LogP contribution in [-0.4, -0.2) is 46.4 Å². The number of aliphatic hydroxyl groups excluding tert-OH is 2. The first-order valence-corrected chi connectivity index (χ1v) is 6.34. The summed E-state index contributed by atoms with van der Waals surface area (Å²) >= 11 is 0. The number of nitrogens with zero attached hydrogens (tertiary/aromatic N) is 1. The van der Waals surface area contributed by atoms with Gasteiger partial charge in [0.2, 0.25) is 5.91 Å². The molecule has 0 bridgehead atoms. The number of primary amides is 1. The van der Waals surface area contributed by atoms with Gasteiger partial charge in [-0.15, -0.1) is 0 Å². The van der Waals surface area contributed by atoms with E-state index in [1.807, 2.05) is 0 Å². The van der Waals surface area contributed by atoms with Gasteiger partial charge < -0.3 is 15.9 Å². The molecule has 0 aromatic rings. The molecule has 1 heterocycles. The predicted octanol–water partition coefficient (Wildman–Crippen LogP) is -0.337. The minimum absolute atomic E-state index is 0.0601. The quantitative estimate of drug-likeness (QED) is 0.632. The van der Waals surface area contributed by atoms with Crippen molar-refractivity contribution < 1.29 is 15.0 Å². The molecule has 4 N–H and O–H groups in total. The number of carbonyl (C=O) groups excluding carboxylic acids is 1. The SMILES string of the molecule is CC1CCC2(CC1)CN(C(CO)C(N)=O)C2O. The van der Waals surface area contributed by atoms with Crippen LogP contribution in [0.1, 0.15) is 32.6 Å². The van der Waals surface area contributed by atoms with Gasteiger partial charge in [-0.1, -0.05) is 6.92 Å². The lowest BCUT2D eigenvalue weighted by Crippen LogP contribution is -2.70. The van der Waals surface area contributed by atoms with Crippen LogP contribution in [0.25, 0.3) is 0 Å². The lowest BCUT2D eigenvalue weighted by molar-refractivity contribution is -0.228. The molecule has 17 heavy (non-hydrogen) atoms. The monoisotopic (exact) mass is 242 g/mol. The molecule has 0 radical (unpaired) electrons. The van der Waals surface area contributed by atoms with Crippen LogP contribution in [-0.2, 0) is 4.79 Å². The maximum absolute atomic E-state index is 11.1. The third kappa shape index (κ3) is 2.07. The van der Waals surface area contributed by atoms with Crippen molar-refractivity contribution >= 4 is 5.91 Å². The van der Waals surface area contributed by atoms with Gasteiger partial charge in [-0.2, -0.15) is 0 Å². The van der Waals surface area contributed by atoms with Gasteiger partial charge in [-0.25, -0.2) is 0 Å². The van der Waals surface area contributed by atoms with Gasteiger partial charge in [0.1, 0.15) is 12.3 Å². The number of hydrogen-bond acceptors (Lipinski definition) is 4. The summed E-state index contributed by atoms with van der Waals surface area (Å²) in [5, 5.41) is 19.4. The number of nitrogens with two attached hydrogens (primary N) is 1. The number of amides is 1. The van der Waals surface area contributed by atoms with Crippen molar-refractivity contribution in [3.05, 3.63) is 0 Å². The molecule has 2 unspecified atom stereocenters. The largest absolute Gasteiger partial charge is 0.394 e. The zero-order chi connectivity index (χ0) is 12.6. The Labute approximate surface area is 102 Å². The molecular weight excluding hydrogens is 220 g/mol. The summed E-state index contributed by atoms with van der Waals surface area (Å²) in [5.41, 5.74) is 5.15. The number of likely N-dealkylation sites (tertiary alicyclic amines) is 1. The first-order valence-electron chi connectivity index (χ1n) is 6.34. The van der Waals surface area contributed by atoms with Gasteiger partial charge in [0.05, 0.1) is 6.61 Å². The summed E-state index contributed by atoms with van der Waals surface area (Å²) in [6, 6.07) is -0.741. The fourth-order valence-electron chi connectivity index (χ4n) is 3.16. The number of hydrogen-bond donors (Lipinski definition) is 3. The van der Waals surface area contributed by atoms with Gasteiger partial charge in [-0.3, -0.25) is 9.69 Å². The Hall–Kier alpha value is -0.650. The minimum atomic E-state index is -0.741. The van der Waals surface area contributed by atoms with Crippen molar-refractivity contribution in [3.63, 3.8) is 0 Å². The van der Waals surface area contributed by atoms with E-state index in [0.717, 1.165) is 31.6 Å². The summed E-state index contributed by atoms with van der Waals surface area (Å²) in [5.74, 6) is 0.164. The van der Waals surface area contributed by atoms with Crippen LogP contribution >= 0.6 is 0 Å². The Bertz CT molecular complexity index is 300. The molecule has 0 aromatic heterocycles. The Kier molecular flexibility index (Phi) is 3.43. The molecule has 5 nitrogen and oxygen atoms in total. The molecule has 1 aliphatic carbocycles. The summed E-state index contributed by atoms with van der Waals surface area (Å²) < 4.78 is 0. The Balaban J connectivity index is 1.98. The molecule has 2 atom stereocenters. The third-order valence-electron chi connectivity index (χ3n) is 4.53. The first kappa shape index (κ1) is 12.8. The minimum Gasteiger partial charge on any atom is -0.394 e. The number of carbonyl (C=O) groups is 1. The molecule has 2 fully saturated rings. The van der Waals surface area contributed by atoms with Crippen LogP contribution in [0.15, 0.2) is 0 Å². The fourth-order valence-corrected chi connectivity index (χ4v) is 3.16. The van der Waals surface area contributed by atoms with E-state index in [2.05, 4.69) is 6.92 Å². The van der Waals surface area contributed by atoms with E-state index < -0.39 is 18.2 Å². The van der Waals surface area contributed by atoms with Gasteiger partial charge in [0.15, 0.2) is 0 Å². The number of rotatable bonds is 3. The zero-order valence-corrected chi connectivity index (χ0v) is 10.3. The summed E-state index contributed by atoms with van der Waals surface area (Å²) in [4.78, 5) is 12.8. The van der Waals surface area contributed by atoms with E-state index >= 15 is 0 Å². The average molecular weight is 242 g/mol. The Morgan fingerprint density at radius 2 is 2.12 bits per heavy atom. The Morgan fingerprint density at radius 1 is 1.53 bits per heavy atom. The average Bonchev–Trinajstić information content (AvgIpc) is 2.30. The van der Waals surface area contributed by atoms with E-state index in [-0.39, 0.29) is 12.0 Å². The predicted molar refractivity (Wildman–Crippen MR) is 62.8 cm³/mol. The highest BCUT2D eigenvalue weighted by molar-refractivity contribution is 5.80. The molecule has 2 aliphatic rings. The molecule has 1 saturated heterocycles. The molecule has 1 aliphatic heterocycles. The normalized spacial score (nSPS) is 39.9. The molecular formula is C12H22N2O3. The van der Waals surface area contributed by atoms with Crippen molar-refractivity contribution in [2.75, 3.05) is 13.2 Å². The second kappa shape index (κ2) is 4.55. The second-order valence-corrected chi connectivity index (χ2v) is 5.69. The van der Waals surface area contributed by atoms with Crippen molar-refractivity contribution in [3.8, 4) is 0 Å². The van der Waals surface area contributed by atoms with Crippen LogP contribution in [0.4, 0.5) is 0 Å². The van der Waals surface area contributed by atoms with Crippen LogP contribution in [0.5, 0.6) is 0 Å². The summed E-state index contributed by atoms with van der Waals surface area (Å²) in [6.07, 6.45) is 3.64. The molecule has 0 aromatic carbocycles. The van der Waals surface area contributed by atoms with Gasteiger partial charge >= 0.3 is 0 Å². The van der Waals surface area contributed by atoms with Gasteiger partial charge in [-0.05, 0) is 31.6 Å². The van der Waals surface area contributed by atoms with E-state index in [4.69, 9.17) is 10.8 Å². The van der Waals surface area contributed by atoms with E-state index in [0.29, 0.717) is 6.54 Å². The molecule has 1 amide bonds. The zero-order valence-electron chi connectivity index (χ0n) is 10.3. The van der Waals surface area contributed by atoms with Crippen molar-refractivity contribution in [1.29, 1.82) is 0 Å². The van der Waals surface area contributed by atoms with E-state index in [1.165, 1.54) is 0 Å². The van der Waals surface area contributed by atoms with Crippen LogP contribution in [0, 0.1) is 11.3 Å². The molecule has 1 spiro atoms. The van der Waals surface area contributed by atoms with Crippen LogP contribution < -0.4 is 5.73 Å². The van der Waals surface area contributed by atoms with Crippen LogP contribution in [0.2, 0.25) is 0 Å². The van der Waals surface area contributed by atoms with Crippen LogP contribution in [0.3, 0.4) is 0 Å². The summed E-state index contributed by atoms with van der Waals surface area (Å²) in [6.45, 7) is 2.59. The maximum atomic E-state index is 11.1. The van der Waals surface area contributed by atoms with Crippen molar-refractivity contribution in [2.24, 2.45) is 17.1 Å². The van der Waals surface area contributed by atoms with E-state index in [1.54, 1.807) is 4.90 Å². The highest BCUT2D eigenvalue weighted by atomic mass is 16.3. The smallest absolute Gasteiger partial charge is 0.237 e. The Morgan fingerprint density at radius 3 is 2.53 bits per heavy atom. The second-order valence-electron chi connectivity index (χ2n) is 5.69.